The maximum atomic E-state index is 2.62. The second kappa shape index (κ2) is 17.1. The van der Waals surface area contributed by atoms with Gasteiger partial charge in [-0.05, 0) is 120 Å². The predicted molar refractivity (Wildman–Crippen MR) is 237 cm³/mol. The maximum Gasteiger partial charge on any atom is 0.0541 e. The van der Waals surface area contributed by atoms with Crippen LogP contribution in [0.3, 0.4) is 0 Å². The number of hydrogen-bond donors (Lipinski definition) is 0. The molecular formula is C53H65N. The predicted octanol–water partition coefficient (Wildman–Crippen LogP) is 16.3. The van der Waals surface area contributed by atoms with Crippen molar-refractivity contribution in [1.82, 2.24) is 4.57 Å². The highest BCUT2D eigenvalue weighted by Gasteiger charge is 2.42. The molecule has 0 radical (unpaired) electrons. The van der Waals surface area contributed by atoms with Crippen molar-refractivity contribution in [2.24, 2.45) is 0 Å². The monoisotopic (exact) mass is 716 g/mol. The number of unbranched alkanes of at least 4 members (excludes halogenated alkanes) is 10. The van der Waals surface area contributed by atoms with Crippen LogP contribution in [0.5, 0.6) is 0 Å². The Bertz CT molecular complexity index is 2160. The largest absolute Gasteiger partial charge is 0.309 e. The van der Waals surface area contributed by atoms with Gasteiger partial charge in [-0.15, -0.1) is 0 Å². The summed E-state index contributed by atoms with van der Waals surface area (Å²) in [5, 5.41) is 2.67. The van der Waals surface area contributed by atoms with Crippen molar-refractivity contribution in [2.45, 2.75) is 149 Å². The number of fused-ring (bicyclic) bond motifs is 6. The Morgan fingerprint density at radius 1 is 0.500 bits per heavy atom. The second-order valence-electron chi connectivity index (χ2n) is 16.9. The quantitative estimate of drug-likeness (QED) is 0.0781. The van der Waals surface area contributed by atoms with Gasteiger partial charge in [-0.1, -0.05) is 170 Å². The average Bonchev–Trinajstić information content (AvgIpc) is 3.65. The highest BCUT2D eigenvalue weighted by molar-refractivity contribution is 6.10. The fourth-order valence-electron chi connectivity index (χ4n) is 9.65. The minimum Gasteiger partial charge on any atom is -0.309 e. The Morgan fingerprint density at radius 2 is 1.00 bits per heavy atom. The molecule has 1 heteroatoms. The molecule has 0 fully saturated rings. The number of aromatic nitrogens is 1. The Balaban J connectivity index is 1.30. The van der Waals surface area contributed by atoms with E-state index >= 15 is 0 Å². The van der Waals surface area contributed by atoms with Crippen molar-refractivity contribution in [3.63, 3.8) is 0 Å². The van der Waals surface area contributed by atoms with Gasteiger partial charge in [-0.25, -0.2) is 0 Å². The van der Waals surface area contributed by atoms with Crippen LogP contribution < -0.4 is 0 Å². The van der Waals surface area contributed by atoms with Gasteiger partial charge in [0.05, 0.1) is 11.0 Å². The summed E-state index contributed by atoms with van der Waals surface area (Å²) in [5.74, 6) is 0.571. The number of benzene rings is 5. The summed E-state index contributed by atoms with van der Waals surface area (Å²) in [6.45, 7) is 13.8. The van der Waals surface area contributed by atoms with Gasteiger partial charge in [0.2, 0.25) is 0 Å². The zero-order chi connectivity index (χ0) is 37.7. The maximum absolute atomic E-state index is 2.62. The van der Waals surface area contributed by atoms with E-state index in [1.807, 2.05) is 0 Å². The first kappa shape index (κ1) is 38.2. The van der Waals surface area contributed by atoms with E-state index in [1.54, 1.807) is 11.1 Å². The summed E-state index contributed by atoms with van der Waals surface area (Å²) in [4.78, 5) is 0. The molecule has 0 N–H and O–H groups in total. The van der Waals surface area contributed by atoms with Crippen LogP contribution in [-0.2, 0) is 5.41 Å². The van der Waals surface area contributed by atoms with Gasteiger partial charge in [0, 0.05) is 21.9 Å². The zero-order valence-electron chi connectivity index (χ0n) is 34.4. The molecule has 0 spiro atoms. The van der Waals surface area contributed by atoms with Crippen LogP contribution in [0.4, 0.5) is 0 Å². The smallest absolute Gasteiger partial charge is 0.0541 e. The van der Waals surface area contributed by atoms with Crippen LogP contribution >= 0.6 is 0 Å². The van der Waals surface area contributed by atoms with Gasteiger partial charge in [0.15, 0.2) is 0 Å². The lowest BCUT2D eigenvalue weighted by molar-refractivity contribution is 0.398. The second-order valence-corrected chi connectivity index (χ2v) is 16.9. The highest BCUT2D eigenvalue weighted by atomic mass is 15.0. The van der Waals surface area contributed by atoms with E-state index < -0.39 is 0 Å². The molecule has 0 saturated heterocycles. The lowest BCUT2D eigenvalue weighted by atomic mass is 9.70. The van der Waals surface area contributed by atoms with E-state index in [0.29, 0.717) is 5.92 Å². The van der Waals surface area contributed by atoms with Crippen molar-refractivity contribution >= 4 is 21.8 Å². The average molecular weight is 716 g/mol. The molecule has 0 amide bonds. The summed E-state index contributed by atoms with van der Waals surface area (Å²) in [6.07, 6.45) is 19.8. The number of aryl methyl sites for hydroxylation is 2. The van der Waals surface area contributed by atoms with Crippen molar-refractivity contribution in [2.75, 3.05) is 0 Å². The molecule has 54 heavy (non-hydrogen) atoms. The van der Waals surface area contributed by atoms with E-state index in [0.717, 1.165) is 6.42 Å². The molecule has 1 aliphatic carbocycles. The van der Waals surface area contributed by atoms with Crippen molar-refractivity contribution in [3.05, 3.63) is 125 Å². The van der Waals surface area contributed by atoms with Crippen LogP contribution in [0.2, 0.25) is 0 Å². The van der Waals surface area contributed by atoms with Gasteiger partial charge in [0.25, 0.3) is 0 Å². The summed E-state index contributed by atoms with van der Waals surface area (Å²) in [7, 11) is 0. The summed E-state index contributed by atoms with van der Waals surface area (Å²) < 4.78 is 2.47. The minimum absolute atomic E-state index is 0.0842. The fraction of sp³-hybridized carbons (Fsp3) is 0.434. The standard InChI is InChI=1S/C53H65N/c1-7-10-12-14-16-18-32-53(33-19-17-15-13-11-8-2)49-35-39(5)20-28-45(49)46-29-24-43(37-50(46)53)42-25-31-52-48(36-42)47-34-38(4)21-30-51(47)54(52)44-26-22-41(23-27-44)40(6)9-3/h20-31,34-37,40H,7-19,32-33H2,1-6H3. The van der Waals surface area contributed by atoms with E-state index in [9.17, 15) is 0 Å². The minimum atomic E-state index is 0.0842. The molecular weight excluding hydrogens is 651 g/mol. The molecule has 6 aromatic rings. The molecule has 1 aromatic heterocycles. The SMILES string of the molecule is CCCCCCCCC1(CCCCCCCC)c2cc(C)ccc2-c2ccc(-c3ccc4c(c3)c3cc(C)ccc3n4-c3ccc(C(C)CC)cc3)cc21. The molecule has 7 rings (SSSR count). The van der Waals surface area contributed by atoms with Gasteiger partial charge < -0.3 is 4.57 Å². The lowest BCUT2D eigenvalue weighted by Gasteiger charge is -2.33. The number of hydrogen-bond acceptors (Lipinski definition) is 0. The molecule has 1 unspecified atom stereocenters. The van der Waals surface area contributed by atoms with Crippen molar-refractivity contribution in [1.29, 1.82) is 0 Å². The third-order valence-corrected chi connectivity index (χ3v) is 13.0. The van der Waals surface area contributed by atoms with Crippen LogP contribution in [0.15, 0.2) is 97.1 Å². The topological polar surface area (TPSA) is 4.93 Å². The molecule has 1 aliphatic rings. The summed E-state index contributed by atoms with van der Waals surface area (Å²) in [5.41, 5.74) is 16.8. The van der Waals surface area contributed by atoms with Crippen molar-refractivity contribution in [3.8, 4) is 27.9 Å². The Hall–Kier alpha value is -4.10. The van der Waals surface area contributed by atoms with Crippen LogP contribution in [0.1, 0.15) is 158 Å². The fourth-order valence-corrected chi connectivity index (χ4v) is 9.65. The molecule has 5 aromatic carbocycles. The third-order valence-electron chi connectivity index (χ3n) is 13.0. The first-order valence-electron chi connectivity index (χ1n) is 21.8. The molecule has 282 valence electrons. The normalized spacial score (nSPS) is 13.8. The van der Waals surface area contributed by atoms with Gasteiger partial charge in [-0.2, -0.15) is 0 Å². The van der Waals surface area contributed by atoms with E-state index in [2.05, 4.69) is 143 Å². The molecule has 0 bridgehead atoms. The third kappa shape index (κ3) is 7.58. The van der Waals surface area contributed by atoms with Crippen LogP contribution in [-0.4, -0.2) is 4.57 Å². The molecule has 1 nitrogen and oxygen atoms in total. The Kier molecular flexibility index (Phi) is 12.1. The number of nitrogens with zero attached hydrogens (tertiary/aromatic N) is 1. The first-order chi connectivity index (χ1) is 26.4. The Morgan fingerprint density at radius 3 is 1.65 bits per heavy atom. The van der Waals surface area contributed by atoms with E-state index in [4.69, 9.17) is 0 Å². The summed E-state index contributed by atoms with van der Waals surface area (Å²) in [6, 6.07) is 38.4. The van der Waals surface area contributed by atoms with Crippen LogP contribution in [0, 0.1) is 13.8 Å². The van der Waals surface area contributed by atoms with Crippen molar-refractivity contribution < 1.29 is 0 Å². The van der Waals surface area contributed by atoms with Gasteiger partial charge in [-0.3, -0.25) is 0 Å². The first-order valence-corrected chi connectivity index (χ1v) is 21.8. The van der Waals surface area contributed by atoms with E-state index in [-0.39, 0.29) is 5.41 Å². The van der Waals surface area contributed by atoms with E-state index in [1.165, 1.54) is 156 Å². The molecule has 1 atom stereocenters. The van der Waals surface area contributed by atoms with Gasteiger partial charge >= 0.3 is 0 Å². The zero-order valence-corrected chi connectivity index (χ0v) is 34.4. The highest BCUT2D eigenvalue weighted by Crippen LogP contribution is 2.55. The Labute approximate surface area is 327 Å². The molecule has 1 heterocycles. The molecule has 0 aliphatic heterocycles. The summed E-state index contributed by atoms with van der Waals surface area (Å²) >= 11 is 0. The lowest BCUT2D eigenvalue weighted by Crippen LogP contribution is -2.25. The molecule has 0 saturated carbocycles. The number of rotatable bonds is 18. The van der Waals surface area contributed by atoms with Gasteiger partial charge in [0.1, 0.15) is 0 Å². The van der Waals surface area contributed by atoms with Crippen LogP contribution in [0.25, 0.3) is 49.7 Å².